The molecule has 2 aromatic carbocycles. The van der Waals surface area contributed by atoms with E-state index < -0.39 is 0 Å². The standard InChI is InChI=1S/C19H17N5O3S2/c1-10-7-13-15(9-14(10)27-3)29-17(18(25)20-19-21-23-24-22-19)16(13)28-12-6-4-5-11(8-12)26-2/h4-9H,1-3H3,(H2,20,21,22,23,24,25). The van der Waals surface area contributed by atoms with Crippen LogP contribution in [0.4, 0.5) is 5.95 Å². The lowest BCUT2D eigenvalue weighted by molar-refractivity contribution is 0.102. The Kier molecular flexibility index (Phi) is 5.36. The van der Waals surface area contributed by atoms with Gasteiger partial charge in [-0.15, -0.1) is 11.3 Å². The first-order chi connectivity index (χ1) is 14.1. The van der Waals surface area contributed by atoms with Crippen molar-refractivity contribution in [3.63, 3.8) is 0 Å². The molecule has 4 aromatic rings. The molecule has 2 N–H and O–H groups in total. The lowest BCUT2D eigenvalue weighted by Gasteiger charge is -2.08. The molecule has 1 amide bonds. The van der Waals surface area contributed by atoms with Crippen LogP contribution in [-0.4, -0.2) is 40.8 Å². The number of nitrogens with one attached hydrogen (secondary N) is 2. The van der Waals surface area contributed by atoms with Gasteiger partial charge in [-0.1, -0.05) is 22.9 Å². The SMILES string of the molecule is COc1cccc(Sc2c(C(=O)Nc3nnn[nH]3)sc3cc(OC)c(C)cc23)c1. The number of H-pyrrole nitrogens is 1. The van der Waals surface area contributed by atoms with Crippen LogP contribution in [0.2, 0.25) is 0 Å². The fraction of sp³-hybridized carbons (Fsp3) is 0.158. The first kappa shape index (κ1) is 19.2. The second kappa shape index (κ2) is 8.10. The molecule has 0 fully saturated rings. The van der Waals surface area contributed by atoms with Gasteiger partial charge in [0.2, 0.25) is 5.95 Å². The van der Waals surface area contributed by atoms with Gasteiger partial charge in [0.15, 0.2) is 0 Å². The Bertz CT molecular complexity index is 1170. The number of hydrogen-bond donors (Lipinski definition) is 2. The van der Waals surface area contributed by atoms with Gasteiger partial charge in [-0.05, 0) is 53.2 Å². The van der Waals surface area contributed by atoms with Crippen LogP contribution in [0.25, 0.3) is 10.1 Å². The molecule has 2 heterocycles. The monoisotopic (exact) mass is 427 g/mol. The summed E-state index contributed by atoms with van der Waals surface area (Å²) < 4.78 is 11.7. The van der Waals surface area contributed by atoms with E-state index in [1.807, 2.05) is 43.3 Å². The molecule has 0 aliphatic rings. The largest absolute Gasteiger partial charge is 0.497 e. The molecule has 0 radical (unpaired) electrons. The van der Waals surface area contributed by atoms with Gasteiger partial charge in [-0.2, -0.15) is 0 Å². The summed E-state index contributed by atoms with van der Waals surface area (Å²) >= 11 is 2.90. The number of carbonyl (C=O) groups is 1. The predicted molar refractivity (Wildman–Crippen MR) is 112 cm³/mol. The quantitative estimate of drug-likeness (QED) is 0.477. The Balaban J connectivity index is 1.81. The molecule has 0 saturated carbocycles. The van der Waals surface area contributed by atoms with Gasteiger partial charge in [0.1, 0.15) is 16.4 Å². The fourth-order valence-electron chi connectivity index (χ4n) is 2.84. The minimum atomic E-state index is -0.285. The van der Waals surface area contributed by atoms with E-state index in [9.17, 15) is 4.79 Å². The van der Waals surface area contributed by atoms with Crippen LogP contribution in [0.5, 0.6) is 11.5 Å². The van der Waals surface area contributed by atoms with Crippen molar-refractivity contribution in [2.45, 2.75) is 16.7 Å². The van der Waals surface area contributed by atoms with Crippen molar-refractivity contribution in [1.29, 1.82) is 0 Å². The maximum Gasteiger partial charge on any atom is 0.269 e. The molecule has 0 aliphatic heterocycles. The minimum absolute atomic E-state index is 0.193. The average molecular weight is 428 g/mol. The highest BCUT2D eigenvalue weighted by Gasteiger charge is 2.22. The number of ether oxygens (including phenoxy) is 2. The van der Waals surface area contributed by atoms with Crippen LogP contribution >= 0.6 is 23.1 Å². The second-order valence-electron chi connectivity index (χ2n) is 6.06. The van der Waals surface area contributed by atoms with Crippen molar-refractivity contribution >= 4 is 45.0 Å². The molecular formula is C19H17N5O3S2. The molecule has 0 atom stereocenters. The smallest absolute Gasteiger partial charge is 0.269 e. The second-order valence-corrected chi connectivity index (χ2v) is 8.20. The van der Waals surface area contributed by atoms with Crippen molar-refractivity contribution in [1.82, 2.24) is 20.6 Å². The number of rotatable bonds is 6. The summed E-state index contributed by atoms with van der Waals surface area (Å²) in [4.78, 5) is 15.4. The van der Waals surface area contributed by atoms with Gasteiger partial charge >= 0.3 is 0 Å². The van der Waals surface area contributed by atoms with Crippen LogP contribution in [0, 0.1) is 6.92 Å². The van der Waals surface area contributed by atoms with E-state index in [0.717, 1.165) is 36.9 Å². The van der Waals surface area contributed by atoms with Crippen LogP contribution in [0.3, 0.4) is 0 Å². The molecule has 0 bridgehead atoms. The number of hydrogen-bond acceptors (Lipinski definition) is 8. The highest BCUT2D eigenvalue weighted by atomic mass is 32.2. The third kappa shape index (κ3) is 3.89. The molecule has 0 spiro atoms. The number of aromatic amines is 1. The van der Waals surface area contributed by atoms with E-state index in [1.165, 1.54) is 23.1 Å². The van der Waals surface area contributed by atoms with Crippen LogP contribution in [0.1, 0.15) is 15.2 Å². The minimum Gasteiger partial charge on any atom is -0.497 e. The number of amides is 1. The Morgan fingerprint density at radius 2 is 2.07 bits per heavy atom. The van der Waals surface area contributed by atoms with Crippen molar-refractivity contribution < 1.29 is 14.3 Å². The number of fused-ring (bicyclic) bond motifs is 1. The number of benzene rings is 2. The van der Waals surface area contributed by atoms with E-state index in [-0.39, 0.29) is 11.9 Å². The van der Waals surface area contributed by atoms with Crippen molar-refractivity contribution in [3.8, 4) is 11.5 Å². The first-order valence-electron chi connectivity index (χ1n) is 8.57. The summed E-state index contributed by atoms with van der Waals surface area (Å²) in [5.74, 6) is 1.44. The number of aryl methyl sites for hydroxylation is 1. The van der Waals surface area contributed by atoms with E-state index >= 15 is 0 Å². The highest BCUT2D eigenvalue weighted by Crippen LogP contribution is 2.44. The fourth-order valence-corrected chi connectivity index (χ4v) is 5.18. The van der Waals surface area contributed by atoms with Crippen molar-refractivity contribution in [3.05, 3.63) is 46.8 Å². The van der Waals surface area contributed by atoms with Gasteiger partial charge in [0.05, 0.1) is 14.2 Å². The van der Waals surface area contributed by atoms with E-state index in [0.29, 0.717) is 4.88 Å². The number of tetrazole rings is 1. The number of aromatic nitrogens is 4. The highest BCUT2D eigenvalue weighted by molar-refractivity contribution is 7.99. The molecule has 0 saturated heterocycles. The maximum atomic E-state index is 13.0. The zero-order valence-electron chi connectivity index (χ0n) is 15.8. The molecular weight excluding hydrogens is 410 g/mol. The number of methoxy groups -OCH3 is 2. The van der Waals surface area contributed by atoms with Gasteiger partial charge in [0, 0.05) is 19.9 Å². The van der Waals surface area contributed by atoms with E-state index in [1.54, 1.807) is 14.2 Å². The third-order valence-electron chi connectivity index (χ3n) is 4.20. The third-order valence-corrected chi connectivity index (χ3v) is 6.60. The Labute approximate surface area is 174 Å². The van der Waals surface area contributed by atoms with Gasteiger partial charge in [0.25, 0.3) is 5.91 Å². The van der Waals surface area contributed by atoms with Gasteiger partial charge < -0.3 is 9.47 Å². The average Bonchev–Trinajstić information content (AvgIpc) is 3.35. The normalized spacial score (nSPS) is 10.9. The number of nitrogens with zero attached hydrogens (tertiary/aromatic N) is 3. The van der Waals surface area contributed by atoms with Crippen LogP contribution in [-0.2, 0) is 0 Å². The molecule has 10 heteroatoms. The van der Waals surface area contributed by atoms with Gasteiger partial charge in [-0.25, -0.2) is 5.10 Å². The topological polar surface area (TPSA) is 102 Å². The molecule has 2 aromatic heterocycles. The van der Waals surface area contributed by atoms with Crippen LogP contribution in [0.15, 0.2) is 46.2 Å². The summed E-state index contributed by atoms with van der Waals surface area (Å²) in [5.41, 5.74) is 0.997. The summed E-state index contributed by atoms with van der Waals surface area (Å²) in [5, 5.41) is 16.9. The molecule has 0 unspecified atom stereocenters. The Morgan fingerprint density at radius 1 is 1.21 bits per heavy atom. The lowest BCUT2D eigenvalue weighted by atomic mass is 10.1. The maximum absolute atomic E-state index is 13.0. The summed E-state index contributed by atoms with van der Waals surface area (Å²) in [6.07, 6.45) is 0. The number of thiophene rings is 1. The van der Waals surface area contributed by atoms with Crippen molar-refractivity contribution in [2.24, 2.45) is 0 Å². The number of carbonyl (C=O) groups excluding carboxylic acids is 1. The Hall–Kier alpha value is -3.11. The molecule has 8 nitrogen and oxygen atoms in total. The predicted octanol–water partition coefficient (Wildman–Crippen LogP) is 4.14. The Morgan fingerprint density at radius 3 is 2.79 bits per heavy atom. The van der Waals surface area contributed by atoms with Gasteiger partial charge in [-0.3, -0.25) is 10.1 Å². The molecule has 0 aliphatic carbocycles. The first-order valence-corrected chi connectivity index (χ1v) is 10.2. The summed E-state index contributed by atoms with van der Waals surface area (Å²) in [6.45, 7) is 1.98. The van der Waals surface area contributed by atoms with E-state index in [2.05, 4.69) is 25.9 Å². The molecule has 148 valence electrons. The van der Waals surface area contributed by atoms with Crippen LogP contribution < -0.4 is 14.8 Å². The molecule has 4 rings (SSSR count). The summed E-state index contributed by atoms with van der Waals surface area (Å²) in [6, 6.07) is 11.7. The molecule has 29 heavy (non-hydrogen) atoms. The zero-order chi connectivity index (χ0) is 20.4. The summed E-state index contributed by atoms with van der Waals surface area (Å²) in [7, 11) is 3.27. The van der Waals surface area contributed by atoms with Crippen molar-refractivity contribution in [2.75, 3.05) is 19.5 Å². The lowest BCUT2D eigenvalue weighted by Crippen LogP contribution is -2.12. The number of anilines is 1. The van der Waals surface area contributed by atoms with E-state index in [4.69, 9.17) is 9.47 Å². The zero-order valence-corrected chi connectivity index (χ0v) is 17.5.